The molecule has 2 atom stereocenters. The number of halogens is 2. The van der Waals surface area contributed by atoms with Gasteiger partial charge in [0.1, 0.15) is 17.2 Å². The van der Waals surface area contributed by atoms with Crippen LogP contribution < -0.4 is 9.47 Å². The third-order valence-electron chi connectivity index (χ3n) is 4.55. The van der Waals surface area contributed by atoms with Crippen molar-refractivity contribution in [1.29, 1.82) is 0 Å². The van der Waals surface area contributed by atoms with Crippen molar-refractivity contribution in [1.82, 2.24) is 0 Å². The fraction of sp³-hybridized carbons (Fsp3) is 0.174. The molecule has 0 saturated heterocycles. The molecule has 0 heterocycles. The number of rotatable bonds is 9. The van der Waals surface area contributed by atoms with Crippen molar-refractivity contribution in [3.8, 4) is 17.2 Å². The molecule has 162 valence electrons. The molecular formula is C23H20Cl2O6. The Kier molecular flexibility index (Phi) is 7.41. The molecular weight excluding hydrogens is 443 g/mol. The van der Waals surface area contributed by atoms with Gasteiger partial charge in [0.2, 0.25) is 5.60 Å². The standard InChI is InChI=1S/C23H20Cl2O6/c24-16-3-9-20(10-4-16)30-19-7-1-15(2-8-19)23(22(28)29,13-18(27)14-26)31-21-11-5-17(25)6-12-21/h1-12,18,26-27H,13-14H2,(H,28,29). The van der Waals surface area contributed by atoms with Gasteiger partial charge >= 0.3 is 5.97 Å². The predicted octanol–water partition coefficient (Wildman–Crippen LogP) is 4.89. The van der Waals surface area contributed by atoms with Gasteiger partial charge in [-0.1, -0.05) is 35.3 Å². The number of hydrogen-bond donors (Lipinski definition) is 3. The lowest BCUT2D eigenvalue weighted by Crippen LogP contribution is -2.45. The van der Waals surface area contributed by atoms with Gasteiger partial charge in [-0.05, 0) is 60.7 Å². The maximum Gasteiger partial charge on any atom is 0.352 e. The highest BCUT2D eigenvalue weighted by atomic mass is 35.5. The fourth-order valence-electron chi connectivity index (χ4n) is 3.00. The molecule has 3 aromatic rings. The summed E-state index contributed by atoms with van der Waals surface area (Å²) in [5.74, 6) is -0.0333. The average molecular weight is 463 g/mol. The molecule has 0 amide bonds. The first kappa shape index (κ1) is 22.9. The monoisotopic (exact) mass is 462 g/mol. The SMILES string of the molecule is O=C(O)C(CC(O)CO)(Oc1ccc(Cl)cc1)c1ccc(Oc2ccc(Cl)cc2)cc1. The Morgan fingerprint density at radius 1 is 0.839 bits per heavy atom. The molecule has 31 heavy (non-hydrogen) atoms. The maximum absolute atomic E-state index is 12.4. The predicted molar refractivity (Wildman–Crippen MR) is 117 cm³/mol. The van der Waals surface area contributed by atoms with E-state index >= 15 is 0 Å². The first-order chi connectivity index (χ1) is 14.8. The first-order valence-electron chi connectivity index (χ1n) is 9.33. The largest absolute Gasteiger partial charge is 0.478 e. The van der Waals surface area contributed by atoms with E-state index in [0.717, 1.165) is 0 Å². The minimum absolute atomic E-state index is 0.249. The molecule has 0 aromatic heterocycles. The summed E-state index contributed by atoms with van der Waals surface area (Å²) >= 11 is 11.8. The van der Waals surface area contributed by atoms with Gasteiger partial charge in [0, 0.05) is 22.0 Å². The quantitative estimate of drug-likeness (QED) is 0.418. The number of carbonyl (C=O) groups is 1. The second-order valence-electron chi connectivity index (χ2n) is 6.81. The van der Waals surface area contributed by atoms with Crippen LogP contribution in [0.2, 0.25) is 10.0 Å². The highest BCUT2D eigenvalue weighted by molar-refractivity contribution is 6.30. The summed E-state index contributed by atoms with van der Waals surface area (Å²) in [5, 5.41) is 30.5. The number of aliphatic hydroxyl groups is 2. The molecule has 0 saturated carbocycles. The zero-order valence-electron chi connectivity index (χ0n) is 16.2. The summed E-state index contributed by atoms with van der Waals surface area (Å²) in [7, 11) is 0. The summed E-state index contributed by atoms with van der Waals surface area (Å²) in [5.41, 5.74) is -1.68. The van der Waals surface area contributed by atoms with E-state index in [-0.39, 0.29) is 17.7 Å². The smallest absolute Gasteiger partial charge is 0.352 e. The van der Waals surface area contributed by atoms with E-state index in [1.807, 2.05) is 0 Å². The van der Waals surface area contributed by atoms with E-state index in [1.165, 1.54) is 12.1 Å². The van der Waals surface area contributed by atoms with E-state index in [1.54, 1.807) is 60.7 Å². The number of hydrogen-bond acceptors (Lipinski definition) is 5. The average Bonchev–Trinajstić information content (AvgIpc) is 2.76. The van der Waals surface area contributed by atoms with Gasteiger partial charge in [0.25, 0.3) is 0 Å². The van der Waals surface area contributed by atoms with Crippen molar-refractivity contribution < 1.29 is 29.6 Å². The van der Waals surface area contributed by atoms with Crippen LogP contribution in [0.15, 0.2) is 72.8 Å². The molecule has 3 aromatic carbocycles. The van der Waals surface area contributed by atoms with Crippen LogP contribution in [0.4, 0.5) is 0 Å². The molecule has 0 bridgehead atoms. The molecule has 0 fully saturated rings. The van der Waals surface area contributed by atoms with Gasteiger partial charge < -0.3 is 24.8 Å². The van der Waals surface area contributed by atoms with E-state index in [0.29, 0.717) is 21.5 Å². The maximum atomic E-state index is 12.4. The number of aliphatic hydroxyl groups excluding tert-OH is 2. The molecule has 0 aliphatic heterocycles. The molecule has 6 nitrogen and oxygen atoms in total. The molecule has 3 rings (SSSR count). The van der Waals surface area contributed by atoms with Crippen LogP contribution in [0.25, 0.3) is 0 Å². The van der Waals surface area contributed by atoms with Crippen LogP contribution in [0.1, 0.15) is 12.0 Å². The molecule has 3 N–H and O–H groups in total. The Morgan fingerprint density at radius 2 is 1.29 bits per heavy atom. The molecule has 0 aliphatic rings. The van der Waals surface area contributed by atoms with Gasteiger partial charge in [-0.25, -0.2) is 4.79 Å². The Hall–Kier alpha value is -2.77. The van der Waals surface area contributed by atoms with E-state index < -0.39 is 24.3 Å². The van der Waals surface area contributed by atoms with Gasteiger partial charge in [0.15, 0.2) is 0 Å². The van der Waals surface area contributed by atoms with E-state index in [2.05, 4.69) is 0 Å². The highest BCUT2D eigenvalue weighted by Crippen LogP contribution is 2.35. The summed E-state index contributed by atoms with van der Waals surface area (Å²) in [6, 6.07) is 19.3. The van der Waals surface area contributed by atoms with Gasteiger partial charge in [-0.3, -0.25) is 0 Å². The minimum Gasteiger partial charge on any atom is -0.478 e. The number of benzene rings is 3. The van der Waals surface area contributed by atoms with Crippen molar-refractivity contribution >= 4 is 29.2 Å². The number of ether oxygens (including phenoxy) is 2. The topological polar surface area (TPSA) is 96.2 Å². The van der Waals surface area contributed by atoms with Crippen LogP contribution >= 0.6 is 23.2 Å². The summed E-state index contributed by atoms with van der Waals surface area (Å²) in [6.07, 6.45) is -1.69. The minimum atomic E-state index is -1.95. The van der Waals surface area contributed by atoms with E-state index in [9.17, 15) is 20.1 Å². The van der Waals surface area contributed by atoms with Gasteiger partial charge in [-0.15, -0.1) is 0 Å². The van der Waals surface area contributed by atoms with Crippen molar-refractivity contribution in [2.45, 2.75) is 18.1 Å². The van der Waals surface area contributed by atoms with Gasteiger partial charge in [-0.2, -0.15) is 0 Å². The number of carboxylic acids is 1. The number of aliphatic carboxylic acids is 1. The lowest BCUT2D eigenvalue weighted by atomic mass is 9.87. The molecule has 8 heteroatoms. The lowest BCUT2D eigenvalue weighted by molar-refractivity contribution is -0.160. The van der Waals surface area contributed by atoms with E-state index in [4.69, 9.17) is 32.7 Å². The summed E-state index contributed by atoms with van der Waals surface area (Å²) in [6.45, 7) is -0.614. The van der Waals surface area contributed by atoms with Crippen LogP contribution in [-0.2, 0) is 10.4 Å². The molecule has 0 aliphatic carbocycles. The summed E-state index contributed by atoms with van der Waals surface area (Å²) in [4.78, 5) is 12.4. The highest BCUT2D eigenvalue weighted by Gasteiger charge is 2.45. The fourth-order valence-corrected chi connectivity index (χ4v) is 3.26. The van der Waals surface area contributed by atoms with Crippen molar-refractivity contribution in [2.75, 3.05) is 6.61 Å². The van der Waals surface area contributed by atoms with Crippen LogP contribution in [0.3, 0.4) is 0 Å². The third kappa shape index (κ3) is 5.68. The molecule has 0 spiro atoms. The third-order valence-corrected chi connectivity index (χ3v) is 5.06. The van der Waals surface area contributed by atoms with Crippen LogP contribution in [-0.4, -0.2) is 34.0 Å². The Balaban J connectivity index is 1.94. The molecule has 0 radical (unpaired) electrons. The van der Waals surface area contributed by atoms with Crippen LogP contribution in [0, 0.1) is 0 Å². The van der Waals surface area contributed by atoms with Crippen LogP contribution in [0.5, 0.6) is 17.2 Å². The molecule has 2 unspecified atom stereocenters. The summed E-state index contributed by atoms with van der Waals surface area (Å²) < 4.78 is 11.6. The van der Waals surface area contributed by atoms with Gasteiger partial charge in [0.05, 0.1) is 12.7 Å². The normalized spacial score (nSPS) is 13.8. The Morgan fingerprint density at radius 3 is 1.74 bits per heavy atom. The Labute approximate surface area is 189 Å². The first-order valence-corrected chi connectivity index (χ1v) is 10.1. The van der Waals surface area contributed by atoms with Crippen molar-refractivity contribution in [3.63, 3.8) is 0 Å². The lowest BCUT2D eigenvalue weighted by Gasteiger charge is -2.32. The Bertz CT molecular complexity index is 1010. The zero-order chi connectivity index (χ0) is 22.4. The van der Waals surface area contributed by atoms with Crippen molar-refractivity contribution in [3.05, 3.63) is 88.4 Å². The number of carboxylic acid groups (broad SMARTS) is 1. The van der Waals surface area contributed by atoms with Crippen molar-refractivity contribution in [2.24, 2.45) is 0 Å². The second-order valence-corrected chi connectivity index (χ2v) is 7.68. The second kappa shape index (κ2) is 10.0. The zero-order valence-corrected chi connectivity index (χ0v) is 17.8.